The van der Waals surface area contributed by atoms with Crippen molar-refractivity contribution in [3.63, 3.8) is 0 Å². The largest absolute Gasteiger partial charge is 0.493 e. The number of aliphatic hydroxyl groups is 1. The van der Waals surface area contributed by atoms with Gasteiger partial charge in [-0.2, -0.15) is 0 Å². The molecule has 1 aromatic carbocycles. The van der Waals surface area contributed by atoms with Crippen molar-refractivity contribution >= 4 is 10.0 Å². The summed E-state index contributed by atoms with van der Waals surface area (Å²) in [6.07, 6.45) is 2.95. The summed E-state index contributed by atoms with van der Waals surface area (Å²) in [5, 5.41) is 11.0. The number of ether oxygens (including phenoxy) is 1. The summed E-state index contributed by atoms with van der Waals surface area (Å²) < 4.78 is 32.8. The van der Waals surface area contributed by atoms with Gasteiger partial charge >= 0.3 is 0 Å². The van der Waals surface area contributed by atoms with E-state index in [1.54, 1.807) is 6.07 Å². The summed E-state index contributed by atoms with van der Waals surface area (Å²) in [7, 11) is -3.40. The molecule has 0 aliphatic heterocycles. The maximum Gasteiger partial charge on any atom is 0.211 e. The number of nitrogens with one attached hydrogen (secondary N) is 1. The lowest BCUT2D eigenvalue weighted by atomic mass is 9.91. The first-order valence-corrected chi connectivity index (χ1v) is 11.7. The van der Waals surface area contributed by atoms with Crippen LogP contribution in [0.15, 0.2) is 24.3 Å². The first-order chi connectivity index (χ1) is 12.6. The maximum absolute atomic E-state index is 12.3. The quantitative estimate of drug-likeness (QED) is 0.490. The predicted octanol–water partition coefficient (Wildman–Crippen LogP) is 4.06. The van der Waals surface area contributed by atoms with Crippen molar-refractivity contribution in [2.24, 2.45) is 11.8 Å². The molecule has 0 fully saturated rings. The third kappa shape index (κ3) is 9.08. The SMILES string of the molecule is CC[C@@](O)(CNS(=O)(=O)CCCCC(C)C)c1cccc(OCC(C)C)c1. The van der Waals surface area contributed by atoms with Crippen LogP contribution in [0.25, 0.3) is 0 Å². The second-order valence-electron chi connectivity index (χ2n) is 8.15. The molecule has 6 heteroatoms. The summed E-state index contributed by atoms with van der Waals surface area (Å²) in [6.45, 7) is 10.8. The van der Waals surface area contributed by atoms with Crippen LogP contribution < -0.4 is 9.46 Å². The van der Waals surface area contributed by atoms with Crippen LogP contribution in [0.2, 0.25) is 0 Å². The van der Waals surface area contributed by atoms with E-state index < -0.39 is 15.6 Å². The fourth-order valence-electron chi connectivity index (χ4n) is 2.72. The van der Waals surface area contributed by atoms with E-state index in [1.807, 2.05) is 25.1 Å². The van der Waals surface area contributed by atoms with Gasteiger partial charge in [0, 0.05) is 6.54 Å². The minimum absolute atomic E-state index is 0.0380. The fourth-order valence-corrected chi connectivity index (χ4v) is 3.90. The van der Waals surface area contributed by atoms with Crippen molar-refractivity contribution < 1.29 is 18.3 Å². The predicted molar refractivity (Wildman–Crippen MR) is 111 cm³/mol. The van der Waals surface area contributed by atoms with E-state index in [2.05, 4.69) is 32.4 Å². The van der Waals surface area contributed by atoms with Crippen LogP contribution in [0.4, 0.5) is 0 Å². The Hall–Kier alpha value is -1.11. The minimum Gasteiger partial charge on any atom is -0.493 e. The number of hydrogen-bond acceptors (Lipinski definition) is 4. The number of unbranched alkanes of at least 4 members (excludes halogenated alkanes) is 1. The van der Waals surface area contributed by atoms with E-state index in [0.717, 1.165) is 12.8 Å². The number of sulfonamides is 1. The molecule has 1 aromatic rings. The molecule has 0 aliphatic rings. The lowest BCUT2D eigenvalue weighted by Gasteiger charge is -2.28. The summed E-state index contributed by atoms with van der Waals surface area (Å²) in [4.78, 5) is 0. The Bertz CT molecular complexity index is 658. The van der Waals surface area contributed by atoms with Gasteiger partial charge in [-0.3, -0.25) is 0 Å². The Morgan fingerprint density at radius 2 is 1.85 bits per heavy atom. The zero-order valence-corrected chi connectivity index (χ0v) is 18.3. The molecule has 27 heavy (non-hydrogen) atoms. The second-order valence-corrected chi connectivity index (χ2v) is 10.1. The Morgan fingerprint density at radius 1 is 1.15 bits per heavy atom. The van der Waals surface area contributed by atoms with Gasteiger partial charge in [-0.1, -0.05) is 59.6 Å². The topological polar surface area (TPSA) is 75.6 Å². The molecule has 0 aromatic heterocycles. The van der Waals surface area contributed by atoms with Crippen molar-refractivity contribution in [2.45, 2.75) is 65.9 Å². The molecule has 0 saturated heterocycles. The van der Waals surface area contributed by atoms with Crippen LogP contribution in [0.3, 0.4) is 0 Å². The van der Waals surface area contributed by atoms with E-state index in [9.17, 15) is 13.5 Å². The lowest BCUT2D eigenvalue weighted by Crippen LogP contribution is -2.41. The van der Waals surface area contributed by atoms with E-state index in [0.29, 0.717) is 42.6 Å². The molecule has 0 amide bonds. The summed E-state index contributed by atoms with van der Waals surface area (Å²) >= 11 is 0. The molecule has 0 radical (unpaired) electrons. The molecule has 0 heterocycles. The Kier molecular flexibility index (Phi) is 9.77. The van der Waals surface area contributed by atoms with Gasteiger partial charge in [0.05, 0.1) is 12.4 Å². The monoisotopic (exact) mass is 399 g/mol. The van der Waals surface area contributed by atoms with Crippen LogP contribution in [0.5, 0.6) is 5.75 Å². The minimum atomic E-state index is -3.40. The Balaban J connectivity index is 2.71. The average Bonchev–Trinajstić information content (AvgIpc) is 2.62. The smallest absolute Gasteiger partial charge is 0.211 e. The number of hydrogen-bond donors (Lipinski definition) is 2. The third-order valence-corrected chi connectivity index (χ3v) is 5.98. The standard InChI is InChI=1S/C21H37NO4S/c1-6-21(23,16-22-27(24,25)13-8-7-10-17(2)3)19-11-9-12-20(14-19)26-15-18(4)5/h9,11-12,14,17-18,22-23H,6-8,10,13,15-16H2,1-5H3/t21-/m1/s1. The van der Waals surface area contributed by atoms with Gasteiger partial charge in [0.15, 0.2) is 0 Å². The molecular formula is C21H37NO4S. The Morgan fingerprint density at radius 3 is 2.44 bits per heavy atom. The van der Waals surface area contributed by atoms with Crippen LogP contribution >= 0.6 is 0 Å². The van der Waals surface area contributed by atoms with Gasteiger partial charge in [-0.15, -0.1) is 0 Å². The molecule has 1 rings (SSSR count). The normalized spacial score (nSPS) is 14.5. The molecule has 5 nitrogen and oxygen atoms in total. The average molecular weight is 400 g/mol. The molecular weight excluding hydrogens is 362 g/mol. The molecule has 0 aliphatic carbocycles. The highest BCUT2D eigenvalue weighted by molar-refractivity contribution is 7.89. The van der Waals surface area contributed by atoms with E-state index >= 15 is 0 Å². The van der Waals surface area contributed by atoms with Crippen molar-refractivity contribution in [3.05, 3.63) is 29.8 Å². The highest BCUT2D eigenvalue weighted by Gasteiger charge is 2.29. The molecule has 0 bridgehead atoms. The lowest BCUT2D eigenvalue weighted by molar-refractivity contribution is 0.0377. The fraction of sp³-hybridized carbons (Fsp3) is 0.714. The molecule has 156 valence electrons. The molecule has 1 atom stereocenters. The Labute approximate surface area is 165 Å². The second kappa shape index (κ2) is 11.0. The van der Waals surface area contributed by atoms with Gasteiger partial charge < -0.3 is 9.84 Å². The summed E-state index contributed by atoms with van der Waals surface area (Å²) in [6, 6.07) is 7.28. The highest BCUT2D eigenvalue weighted by atomic mass is 32.2. The first-order valence-electron chi connectivity index (χ1n) is 10.0. The molecule has 0 saturated carbocycles. The summed E-state index contributed by atoms with van der Waals surface area (Å²) in [5.74, 6) is 1.76. The third-order valence-electron chi connectivity index (χ3n) is 4.57. The van der Waals surface area contributed by atoms with Crippen molar-refractivity contribution in [1.82, 2.24) is 4.72 Å². The van der Waals surface area contributed by atoms with Gasteiger partial charge in [0.1, 0.15) is 11.4 Å². The zero-order valence-electron chi connectivity index (χ0n) is 17.5. The van der Waals surface area contributed by atoms with Crippen LogP contribution in [0.1, 0.15) is 65.9 Å². The van der Waals surface area contributed by atoms with E-state index in [1.165, 1.54) is 0 Å². The van der Waals surface area contributed by atoms with Crippen molar-refractivity contribution in [3.8, 4) is 5.75 Å². The van der Waals surface area contributed by atoms with Crippen molar-refractivity contribution in [1.29, 1.82) is 0 Å². The van der Waals surface area contributed by atoms with Gasteiger partial charge in [-0.25, -0.2) is 13.1 Å². The molecule has 2 N–H and O–H groups in total. The van der Waals surface area contributed by atoms with Crippen molar-refractivity contribution in [2.75, 3.05) is 18.9 Å². The molecule has 0 spiro atoms. The number of rotatable bonds is 13. The van der Waals surface area contributed by atoms with E-state index in [-0.39, 0.29) is 12.3 Å². The molecule has 0 unspecified atom stereocenters. The van der Waals surface area contributed by atoms with Crippen LogP contribution in [-0.4, -0.2) is 32.4 Å². The zero-order chi connectivity index (χ0) is 20.5. The van der Waals surface area contributed by atoms with E-state index in [4.69, 9.17) is 4.74 Å². The summed E-state index contributed by atoms with van der Waals surface area (Å²) in [5.41, 5.74) is -0.601. The first kappa shape index (κ1) is 23.9. The van der Waals surface area contributed by atoms with Gasteiger partial charge in [0.2, 0.25) is 10.0 Å². The number of benzene rings is 1. The van der Waals surface area contributed by atoms with Gasteiger partial charge in [-0.05, 0) is 42.4 Å². The van der Waals surface area contributed by atoms with Gasteiger partial charge in [0.25, 0.3) is 0 Å². The van der Waals surface area contributed by atoms with Crippen LogP contribution in [0, 0.1) is 11.8 Å². The maximum atomic E-state index is 12.3. The van der Waals surface area contributed by atoms with Crippen LogP contribution in [-0.2, 0) is 15.6 Å². The highest BCUT2D eigenvalue weighted by Crippen LogP contribution is 2.28.